The molecule has 40 heteroatoms. The van der Waals surface area contributed by atoms with Gasteiger partial charge in [-0.3, -0.25) is 24.4 Å². The maximum absolute atomic E-state index is 13.2. The first-order valence-corrected chi connectivity index (χ1v) is 29.2. The fourth-order valence-electron chi connectivity index (χ4n) is 8.21. The fourth-order valence-corrected chi connectivity index (χ4v) is 8.21. The van der Waals surface area contributed by atoms with Crippen molar-refractivity contribution >= 4 is 29.4 Å². The average molecular weight is 1340 g/mol. The summed E-state index contributed by atoms with van der Waals surface area (Å²) < 4.78 is 145. The van der Waals surface area contributed by atoms with Crippen LogP contribution in [0.4, 0.5) is 38.0 Å². The predicted molar refractivity (Wildman–Crippen MR) is 299 cm³/mol. The predicted octanol–water partition coefficient (Wildman–Crippen LogP) is -0.568. The van der Waals surface area contributed by atoms with Gasteiger partial charge in [0.2, 0.25) is 24.0 Å². The van der Waals surface area contributed by atoms with Crippen molar-refractivity contribution in [2.45, 2.75) is 118 Å². The van der Waals surface area contributed by atoms with Crippen LogP contribution in [0, 0.1) is 0 Å². The van der Waals surface area contributed by atoms with Gasteiger partial charge in [-0.05, 0) is 18.4 Å². The van der Waals surface area contributed by atoms with Crippen LogP contribution in [0.5, 0.6) is 0 Å². The van der Waals surface area contributed by atoms with Crippen LogP contribution in [0.25, 0.3) is 10.4 Å². The summed E-state index contributed by atoms with van der Waals surface area (Å²) in [6.45, 7) is 1.49. The zero-order chi connectivity index (χ0) is 67.0. The van der Waals surface area contributed by atoms with E-state index in [0.29, 0.717) is 38.2 Å². The lowest BCUT2D eigenvalue weighted by molar-refractivity contribution is -0.415. The Bertz CT molecular complexity index is 2290. The molecule has 0 radical (unpaired) electrons. The summed E-state index contributed by atoms with van der Waals surface area (Å²) in [7, 11) is 0. The Morgan fingerprint density at radius 3 is 1.45 bits per heavy atom. The van der Waals surface area contributed by atoms with Crippen molar-refractivity contribution in [1.29, 1.82) is 0 Å². The van der Waals surface area contributed by atoms with Crippen LogP contribution in [-0.2, 0) is 88.5 Å². The van der Waals surface area contributed by atoms with Gasteiger partial charge in [0.05, 0.1) is 156 Å². The molecule has 0 aliphatic carbocycles. The molecule has 2 saturated heterocycles. The maximum Gasteiger partial charge on any atom is 0.434 e. The van der Waals surface area contributed by atoms with Crippen molar-refractivity contribution in [3.05, 3.63) is 46.6 Å². The van der Waals surface area contributed by atoms with Crippen molar-refractivity contribution in [2.75, 3.05) is 156 Å². The minimum Gasteiger partial charge on any atom is -0.394 e. The highest BCUT2D eigenvalue weighted by Gasteiger charge is 2.48. The number of rotatable bonds is 49. The van der Waals surface area contributed by atoms with Gasteiger partial charge in [-0.25, -0.2) is 20.1 Å². The van der Waals surface area contributed by atoms with Crippen LogP contribution in [0.1, 0.15) is 49.9 Å². The molecule has 2 aliphatic rings. The number of hydrogen-bond acceptors (Lipinski definition) is 29. The molecule has 2 fully saturated rings. The van der Waals surface area contributed by atoms with E-state index in [9.17, 15) is 66.3 Å². The SMILES string of the molecule is [N-]=[N+]=NCCCCCC(=O)NC(COCCC(=O)NCCOCCOCCOCCO[C@@H]1O[C@H](CO)[C@H](O)[C@H](O)[C@H]1Nc1cncc(C(F)(F)F)n1)COCCC(=O)NCCOCCOCCOCCO[C@@H]1O[C@H](OO)[C@H](O)[C@H](O)[C@H]1Nc1cncc(C(F)(F)F)n1. The molecule has 11 atom stereocenters. The van der Waals surface area contributed by atoms with E-state index in [0.717, 1.165) is 12.4 Å². The minimum atomic E-state index is -4.81. The van der Waals surface area contributed by atoms with Crippen molar-refractivity contribution in [2.24, 2.45) is 5.11 Å². The fraction of sp³-hybridized carbons (Fsp3) is 0.788. The molecule has 1 unspecified atom stereocenters. The molecule has 2 aromatic heterocycles. The maximum atomic E-state index is 13.2. The van der Waals surface area contributed by atoms with Gasteiger partial charge in [-0.1, -0.05) is 11.5 Å². The number of anilines is 2. The number of azide groups is 1. The van der Waals surface area contributed by atoms with Gasteiger partial charge in [-0.2, -0.15) is 26.3 Å². The summed E-state index contributed by atoms with van der Waals surface area (Å²) in [4.78, 5) is 58.2. The first-order chi connectivity index (χ1) is 44.2. The number of nitrogens with zero attached hydrogens (tertiary/aromatic N) is 7. The standard InChI is InChI=1S/C52H82F6N12O22/c53-51(54,55)35-26-60-28-37(66-35)68-42-45(76)44(75)34(30-71)90-48(42)88-24-22-84-20-18-82-16-14-80-12-8-62-39(72)5-10-86-31-33(65-41(74)4-2-1-3-7-64-70-59)32-87-11-6-40(73)63-9-13-81-15-17-83-19-21-85-23-25-89-49-43(46(77)47(78)50(91-49)92-79)69-38-29-61-27-36(67-38)52(56,57)58/h26-29,33-34,42-50,71,75-79H,1-25,30-32H2,(H,62,72)(H,63,73)(H,65,74)(H,66,68)(H,67,69)/t33?,34-,42-,43-,44+,45-,46-,47-,48-,49-,50-/m1/s1. The average Bonchev–Trinajstić information content (AvgIpc) is 0.958. The quantitative estimate of drug-likeness (QED) is 0.00752. The van der Waals surface area contributed by atoms with Crippen molar-refractivity contribution in [1.82, 2.24) is 35.9 Å². The van der Waals surface area contributed by atoms with Crippen LogP contribution >= 0.6 is 0 Å². The third kappa shape index (κ3) is 31.5. The molecule has 2 aliphatic heterocycles. The van der Waals surface area contributed by atoms with Crippen molar-refractivity contribution in [3.8, 4) is 0 Å². The second kappa shape index (κ2) is 44.8. The van der Waals surface area contributed by atoms with Crippen LogP contribution in [-0.4, -0.2) is 281 Å². The minimum absolute atomic E-state index is 0.000980. The number of ether oxygens (including phenoxy) is 12. The smallest absolute Gasteiger partial charge is 0.394 e. The van der Waals surface area contributed by atoms with Crippen LogP contribution < -0.4 is 26.6 Å². The van der Waals surface area contributed by atoms with E-state index >= 15 is 0 Å². The number of aromatic nitrogens is 4. The largest absolute Gasteiger partial charge is 0.434 e. The zero-order valence-electron chi connectivity index (χ0n) is 50.1. The highest BCUT2D eigenvalue weighted by molar-refractivity contribution is 5.76. The Kier molecular flexibility index (Phi) is 38.4. The van der Waals surface area contributed by atoms with Gasteiger partial charge in [0.1, 0.15) is 54.2 Å². The molecule has 0 bridgehead atoms. The third-order valence-corrected chi connectivity index (χ3v) is 12.8. The van der Waals surface area contributed by atoms with E-state index in [1.54, 1.807) is 0 Å². The highest BCUT2D eigenvalue weighted by Crippen LogP contribution is 2.31. The Labute approximate surface area is 523 Å². The molecular weight excluding hydrogens is 1260 g/mol. The summed E-state index contributed by atoms with van der Waals surface area (Å²) in [6.07, 6.45) is -17.2. The van der Waals surface area contributed by atoms with E-state index in [4.69, 9.17) is 67.6 Å². The molecule has 0 spiro atoms. The highest BCUT2D eigenvalue weighted by atomic mass is 19.4. The second-order valence-electron chi connectivity index (χ2n) is 19.9. The molecule has 3 amide bonds. The van der Waals surface area contributed by atoms with Gasteiger partial charge in [0, 0.05) is 43.8 Å². The molecule has 4 rings (SSSR count). The summed E-state index contributed by atoms with van der Waals surface area (Å²) in [5.74, 6) is -1.67. The van der Waals surface area contributed by atoms with E-state index in [1.165, 1.54) is 0 Å². The van der Waals surface area contributed by atoms with Gasteiger partial charge >= 0.3 is 12.4 Å². The molecule has 4 heterocycles. The number of aliphatic hydroxyl groups excluding tert-OH is 5. The van der Waals surface area contributed by atoms with Crippen molar-refractivity contribution < 1.29 is 133 Å². The summed E-state index contributed by atoms with van der Waals surface area (Å²) >= 11 is 0. The van der Waals surface area contributed by atoms with Crippen LogP contribution in [0.3, 0.4) is 0 Å². The van der Waals surface area contributed by atoms with Gasteiger partial charge < -0.3 is 109 Å². The first-order valence-electron chi connectivity index (χ1n) is 29.2. The molecule has 92 heavy (non-hydrogen) atoms. The van der Waals surface area contributed by atoms with E-state index < -0.39 is 104 Å². The molecular formula is C52H82F6N12O22. The number of amides is 3. The monoisotopic (exact) mass is 1340 g/mol. The third-order valence-electron chi connectivity index (χ3n) is 12.8. The van der Waals surface area contributed by atoms with Crippen molar-refractivity contribution in [3.63, 3.8) is 0 Å². The Morgan fingerprint density at radius 2 is 1.00 bits per heavy atom. The number of unbranched alkanes of at least 4 members (excludes halogenated alkanes) is 2. The lowest BCUT2D eigenvalue weighted by atomic mass is 9.97. The first kappa shape index (κ1) is 78.7. The molecule has 11 N–H and O–H groups in total. The summed E-state index contributed by atoms with van der Waals surface area (Å²) in [5, 5.41) is 77.3. The number of carbonyl (C=O) groups excluding carboxylic acids is 3. The Morgan fingerprint density at radius 1 is 0.554 bits per heavy atom. The molecule has 524 valence electrons. The van der Waals surface area contributed by atoms with E-state index in [1.807, 2.05) is 0 Å². The van der Waals surface area contributed by atoms with Crippen LogP contribution in [0.2, 0.25) is 0 Å². The Balaban J connectivity index is 0.993. The molecule has 2 aromatic rings. The summed E-state index contributed by atoms with van der Waals surface area (Å²) in [6, 6.07) is -3.30. The zero-order valence-corrected chi connectivity index (χ0v) is 50.1. The number of alkyl halides is 6. The molecule has 0 saturated carbocycles. The van der Waals surface area contributed by atoms with Gasteiger partial charge in [0.15, 0.2) is 24.0 Å². The number of carbonyl (C=O) groups is 3. The van der Waals surface area contributed by atoms with Crippen LogP contribution in [0.15, 0.2) is 29.9 Å². The number of nitrogens with one attached hydrogen (secondary N) is 5. The normalized spacial score (nSPS) is 22.1. The van der Waals surface area contributed by atoms with E-state index in [-0.39, 0.29) is 175 Å². The Hall–Kier alpha value is -5.70. The lowest BCUT2D eigenvalue weighted by Gasteiger charge is -2.42. The second-order valence-corrected chi connectivity index (χ2v) is 19.9. The van der Waals surface area contributed by atoms with E-state index in [2.05, 4.69) is 61.4 Å². The van der Waals surface area contributed by atoms with Gasteiger partial charge in [0.25, 0.3) is 0 Å². The molecule has 34 nitrogen and oxygen atoms in total. The number of aliphatic hydroxyl groups is 5. The lowest BCUT2D eigenvalue weighted by Crippen LogP contribution is -2.62. The summed E-state index contributed by atoms with van der Waals surface area (Å²) in [5.41, 5.74) is 5.86. The topological polar surface area (TPSA) is 453 Å². The number of hydrogen-bond donors (Lipinski definition) is 11. The van der Waals surface area contributed by atoms with Gasteiger partial charge in [-0.15, -0.1) is 0 Å². The number of halogens is 6. The molecule has 0 aromatic carbocycles.